The lowest BCUT2D eigenvalue weighted by molar-refractivity contribution is 0.155. The molecule has 0 aromatic heterocycles. The standard InChI is InChI=1S/C11H16FNO2/c1-8(14)4-5-15-10-3-2-9(7-13)11(12)6-10/h2-3,6,8,14H,4-5,7,13H2,1H3. The Morgan fingerprint density at radius 2 is 2.27 bits per heavy atom. The number of halogens is 1. The molecule has 0 amide bonds. The van der Waals surface area contributed by atoms with Crippen LogP contribution in [0.2, 0.25) is 0 Å². The lowest BCUT2D eigenvalue weighted by Crippen LogP contribution is -2.08. The fourth-order valence-electron chi connectivity index (χ4n) is 1.13. The average molecular weight is 213 g/mol. The maximum absolute atomic E-state index is 13.2. The minimum atomic E-state index is -0.404. The Morgan fingerprint density at radius 1 is 1.53 bits per heavy atom. The van der Waals surface area contributed by atoms with Gasteiger partial charge in [-0.3, -0.25) is 0 Å². The highest BCUT2D eigenvalue weighted by molar-refractivity contribution is 5.28. The molecule has 3 nitrogen and oxygen atoms in total. The van der Waals surface area contributed by atoms with Gasteiger partial charge in [-0.05, 0) is 13.0 Å². The Kier molecular flexibility index (Phi) is 4.52. The molecule has 15 heavy (non-hydrogen) atoms. The Labute approximate surface area is 88.7 Å². The number of aliphatic hydroxyl groups excluding tert-OH is 1. The van der Waals surface area contributed by atoms with Gasteiger partial charge in [-0.25, -0.2) is 4.39 Å². The quantitative estimate of drug-likeness (QED) is 0.778. The van der Waals surface area contributed by atoms with E-state index in [1.807, 2.05) is 0 Å². The van der Waals surface area contributed by atoms with E-state index in [4.69, 9.17) is 15.6 Å². The van der Waals surface area contributed by atoms with Crippen LogP contribution in [-0.2, 0) is 6.54 Å². The first-order chi connectivity index (χ1) is 7.13. The molecule has 1 rings (SSSR count). The fourth-order valence-corrected chi connectivity index (χ4v) is 1.13. The van der Waals surface area contributed by atoms with Crippen molar-refractivity contribution in [3.8, 4) is 5.75 Å². The number of rotatable bonds is 5. The van der Waals surface area contributed by atoms with E-state index in [1.165, 1.54) is 6.07 Å². The molecular weight excluding hydrogens is 197 g/mol. The van der Waals surface area contributed by atoms with Crippen molar-refractivity contribution in [3.05, 3.63) is 29.6 Å². The topological polar surface area (TPSA) is 55.5 Å². The summed E-state index contributed by atoms with van der Waals surface area (Å²) in [6.45, 7) is 2.24. The Bertz CT molecular complexity index is 315. The molecule has 1 aromatic carbocycles. The second-order valence-electron chi connectivity index (χ2n) is 3.44. The van der Waals surface area contributed by atoms with Crippen LogP contribution in [0, 0.1) is 5.82 Å². The molecule has 0 saturated heterocycles. The van der Waals surface area contributed by atoms with Crippen molar-refractivity contribution in [1.82, 2.24) is 0 Å². The van der Waals surface area contributed by atoms with E-state index >= 15 is 0 Å². The molecule has 0 aliphatic carbocycles. The lowest BCUT2D eigenvalue weighted by atomic mass is 10.2. The van der Waals surface area contributed by atoms with Gasteiger partial charge in [0.1, 0.15) is 11.6 Å². The van der Waals surface area contributed by atoms with E-state index in [-0.39, 0.29) is 12.4 Å². The second kappa shape index (κ2) is 5.68. The van der Waals surface area contributed by atoms with Gasteiger partial charge in [0.15, 0.2) is 0 Å². The number of hydrogen-bond acceptors (Lipinski definition) is 3. The zero-order chi connectivity index (χ0) is 11.3. The third kappa shape index (κ3) is 3.85. The van der Waals surface area contributed by atoms with Gasteiger partial charge in [-0.2, -0.15) is 0 Å². The Morgan fingerprint density at radius 3 is 2.80 bits per heavy atom. The summed E-state index contributed by atoms with van der Waals surface area (Å²) in [5, 5.41) is 9.00. The van der Waals surface area contributed by atoms with Crippen molar-refractivity contribution < 1.29 is 14.2 Å². The predicted octanol–water partition coefficient (Wildman–Crippen LogP) is 1.43. The van der Waals surface area contributed by atoms with E-state index in [9.17, 15) is 4.39 Å². The van der Waals surface area contributed by atoms with Crippen LogP contribution in [-0.4, -0.2) is 17.8 Å². The monoisotopic (exact) mass is 213 g/mol. The van der Waals surface area contributed by atoms with E-state index in [0.717, 1.165) is 0 Å². The molecule has 4 heteroatoms. The van der Waals surface area contributed by atoms with Gasteiger partial charge in [0.2, 0.25) is 0 Å². The van der Waals surface area contributed by atoms with Gasteiger partial charge in [-0.1, -0.05) is 6.07 Å². The second-order valence-corrected chi connectivity index (χ2v) is 3.44. The minimum Gasteiger partial charge on any atom is -0.493 e. The smallest absolute Gasteiger partial charge is 0.131 e. The van der Waals surface area contributed by atoms with E-state index in [2.05, 4.69) is 0 Å². The van der Waals surface area contributed by atoms with E-state index < -0.39 is 6.10 Å². The number of hydrogen-bond donors (Lipinski definition) is 2. The van der Waals surface area contributed by atoms with Gasteiger partial charge in [0.25, 0.3) is 0 Å². The SMILES string of the molecule is CC(O)CCOc1ccc(CN)c(F)c1. The van der Waals surface area contributed by atoms with Gasteiger partial charge in [0.05, 0.1) is 12.7 Å². The van der Waals surface area contributed by atoms with Gasteiger partial charge < -0.3 is 15.6 Å². The molecule has 0 aliphatic heterocycles. The van der Waals surface area contributed by atoms with E-state index in [0.29, 0.717) is 24.3 Å². The minimum absolute atomic E-state index is 0.180. The third-order valence-electron chi connectivity index (χ3n) is 2.05. The van der Waals surface area contributed by atoms with Gasteiger partial charge >= 0.3 is 0 Å². The van der Waals surface area contributed by atoms with Crippen LogP contribution >= 0.6 is 0 Å². The van der Waals surface area contributed by atoms with Crippen molar-refractivity contribution in [2.24, 2.45) is 5.73 Å². The van der Waals surface area contributed by atoms with Crippen LogP contribution in [0.25, 0.3) is 0 Å². The van der Waals surface area contributed by atoms with Crippen molar-refractivity contribution in [1.29, 1.82) is 0 Å². The molecule has 0 fully saturated rings. The molecule has 0 spiro atoms. The summed E-state index contributed by atoms with van der Waals surface area (Å²) in [7, 11) is 0. The summed E-state index contributed by atoms with van der Waals surface area (Å²) in [5.74, 6) is 0.109. The molecule has 0 heterocycles. The first kappa shape index (κ1) is 11.9. The van der Waals surface area contributed by atoms with Gasteiger partial charge in [0, 0.05) is 24.6 Å². The highest BCUT2D eigenvalue weighted by atomic mass is 19.1. The van der Waals surface area contributed by atoms with Crippen LogP contribution in [0.5, 0.6) is 5.75 Å². The normalized spacial score (nSPS) is 12.5. The van der Waals surface area contributed by atoms with Crippen molar-refractivity contribution >= 4 is 0 Å². The van der Waals surface area contributed by atoms with Crippen molar-refractivity contribution in [2.45, 2.75) is 26.0 Å². The molecule has 1 aromatic rings. The summed E-state index contributed by atoms with van der Waals surface area (Å²) in [5.41, 5.74) is 5.80. The molecule has 0 radical (unpaired) electrons. The Balaban J connectivity index is 2.52. The predicted molar refractivity (Wildman–Crippen MR) is 56.1 cm³/mol. The first-order valence-corrected chi connectivity index (χ1v) is 4.93. The molecule has 1 unspecified atom stereocenters. The zero-order valence-corrected chi connectivity index (χ0v) is 8.74. The largest absolute Gasteiger partial charge is 0.493 e. The Hall–Kier alpha value is -1.13. The molecule has 84 valence electrons. The van der Waals surface area contributed by atoms with Crippen LogP contribution < -0.4 is 10.5 Å². The van der Waals surface area contributed by atoms with Crippen LogP contribution in [0.3, 0.4) is 0 Å². The maximum atomic E-state index is 13.2. The number of benzene rings is 1. The summed E-state index contributed by atoms with van der Waals surface area (Å²) in [4.78, 5) is 0. The zero-order valence-electron chi connectivity index (χ0n) is 8.74. The molecule has 0 saturated carbocycles. The van der Waals surface area contributed by atoms with Gasteiger partial charge in [-0.15, -0.1) is 0 Å². The van der Waals surface area contributed by atoms with Crippen molar-refractivity contribution in [2.75, 3.05) is 6.61 Å². The first-order valence-electron chi connectivity index (χ1n) is 4.93. The summed E-state index contributed by atoms with van der Waals surface area (Å²) in [6.07, 6.45) is 0.124. The average Bonchev–Trinajstić information content (AvgIpc) is 2.17. The summed E-state index contributed by atoms with van der Waals surface area (Å²) >= 11 is 0. The van der Waals surface area contributed by atoms with Crippen molar-refractivity contribution in [3.63, 3.8) is 0 Å². The maximum Gasteiger partial charge on any atom is 0.131 e. The molecular formula is C11H16FNO2. The van der Waals surface area contributed by atoms with Crippen LogP contribution in [0.15, 0.2) is 18.2 Å². The number of nitrogens with two attached hydrogens (primary N) is 1. The van der Waals surface area contributed by atoms with Crippen LogP contribution in [0.4, 0.5) is 4.39 Å². The van der Waals surface area contributed by atoms with E-state index in [1.54, 1.807) is 19.1 Å². The lowest BCUT2D eigenvalue weighted by Gasteiger charge is -2.08. The number of ether oxygens (including phenoxy) is 1. The fraction of sp³-hybridized carbons (Fsp3) is 0.455. The highest BCUT2D eigenvalue weighted by Gasteiger charge is 2.03. The highest BCUT2D eigenvalue weighted by Crippen LogP contribution is 2.16. The summed E-state index contributed by atoms with van der Waals surface area (Å²) < 4.78 is 18.5. The molecule has 0 bridgehead atoms. The molecule has 0 aliphatic rings. The number of aliphatic hydroxyl groups is 1. The third-order valence-corrected chi connectivity index (χ3v) is 2.05. The molecule has 3 N–H and O–H groups in total. The van der Waals surface area contributed by atoms with Crippen LogP contribution in [0.1, 0.15) is 18.9 Å². The molecule has 1 atom stereocenters. The summed E-state index contributed by atoms with van der Waals surface area (Å²) in [6, 6.07) is 4.59.